The number of H-pyrrole nitrogens is 1. The highest BCUT2D eigenvalue weighted by molar-refractivity contribution is 7.99. The van der Waals surface area contributed by atoms with Crippen molar-refractivity contribution in [3.8, 4) is 5.69 Å². The van der Waals surface area contributed by atoms with Crippen molar-refractivity contribution in [2.24, 2.45) is 0 Å². The van der Waals surface area contributed by atoms with E-state index >= 15 is 0 Å². The Morgan fingerprint density at radius 2 is 2.53 bits per heavy atom. The number of alkyl halides is 1. The van der Waals surface area contributed by atoms with Crippen molar-refractivity contribution in [2.75, 3.05) is 6.01 Å². The highest BCUT2D eigenvalue weighted by atomic mass is 32.2. The molecule has 1 aromatic carbocycles. The zero-order valence-electron chi connectivity index (χ0n) is 8.48. The molecule has 0 fully saturated rings. The van der Waals surface area contributed by atoms with Crippen LogP contribution in [0.25, 0.3) is 5.69 Å². The van der Waals surface area contributed by atoms with Crippen LogP contribution in [0.2, 0.25) is 0 Å². The average molecular weight is 228 g/mol. The molecule has 7 heteroatoms. The highest BCUT2D eigenvalue weighted by Crippen LogP contribution is 2.19. The smallest absolute Gasteiger partial charge is 0.244 e. The van der Waals surface area contributed by atoms with Crippen molar-refractivity contribution in [2.45, 2.75) is 4.90 Å². The van der Waals surface area contributed by atoms with Gasteiger partial charge in [0.05, 0.1) is 7.06 Å². The number of hydrogen-bond donors (Lipinski definition) is 1. The molecule has 1 heterocycles. The highest BCUT2D eigenvalue weighted by Gasteiger charge is 2.03. The van der Waals surface area contributed by atoms with E-state index < -0.39 is 11.7 Å². The van der Waals surface area contributed by atoms with Crippen LogP contribution in [0.4, 0.5) is 4.39 Å². The molecule has 0 aliphatic heterocycles. The van der Waals surface area contributed by atoms with Gasteiger partial charge in [0.2, 0.25) is 0 Å². The van der Waals surface area contributed by atoms with Gasteiger partial charge in [-0.15, -0.1) is 0 Å². The van der Waals surface area contributed by atoms with Crippen molar-refractivity contribution in [1.82, 2.24) is 20.2 Å². The summed E-state index contributed by atoms with van der Waals surface area (Å²) in [6, 6.07) is 4.23. The molecule has 1 aromatic heterocycles. The van der Waals surface area contributed by atoms with Gasteiger partial charge < -0.3 is 0 Å². The first-order valence-electron chi connectivity index (χ1n) is 4.53. The molecule has 0 spiro atoms. The quantitative estimate of drug-likeness (QED) is 0.795. The van der Waals surface area contributed by atoms with E-state index in [9.17, 15) is 9.18 Å². The zero-order chi connectivity index (χ0) is 11.5. The Morgan fingerprint density at radius 1 is 1.67 bits per heavy atom. The number of benzene rings is 1. The van der Waals surface area contributed by atoms with Crippen LogP contribution in [0.1, 0.15) is 1.37 Å². The minimum atomic E-state index is -0.622. The first-order chi connectivity index (χ1) is 7.74. The van der Waals surface area contributed by atoms with E-state index in [1.165, 1.54) is 0 Å². The summed E-state index contributed by atoms with van der Waals surface area (Å²) in [6.45, 7) is 0. The number of rotatable bonds is 3. The van der Waals surface area contributed by atoms with Crippen molar-refractivity contribution in [3.63, 3.8) is 0 Å². The zero-order valence-corrected chi connectivity index (χ0v) is 8.29. The second-order valence-corrected chi connectivity index (χ2v) is 3.52. The molecule has 1 N–H and O–H groups in total. The van der Waals surface area contributed by atoms with Crippen LogP contribution in [0.15, 0.2) is 33.9 Å². The lowest BCUT2D eigenvalue weighted by Crippen LogP contribution is -2.15. The van der Waals surface area contributed by atoms with Gasteiger partial charge in [0.25, 0.3) is 0 Å². The lowest BCUT2D eigenvalue weighted by molar-refractivity contribution is 0.605. The third-order valence-corrected chi connectivity index (χ3v) is 2.32. The van der Waals surface area contributed by atoms with Crippen LogP contribution in [-0.4, -0.2) is 26.2 Å². The van der Waals surface area contributed by atoms with Crippen LogP contribution in [-0.2, 0) is 0 Å². The third-order valence-electron chi connectivity index (χ3n) is 1.66. The predicted molar refractivity (Wildman–Crippen MR) is 53.8 cm³/mol. The fraction of sp³-hybridized carbons (Fsp3) is 0.125. The van der Waals surface area contributed by atoms with Gasteiger partial charge in [0, 0.05) is 4.90 Å². The summed E-state index contributed by atoms with van der Waals surface area (Å²) in [7, 11) is 0. The monoisotopic (exact) mass is 228 g/mol. The first kappa shape index (κ1) is 8.66. The number of nitrogens with zero attached hydrogens (tertiary/aromatic N) is 3. The molecule has 0 bridgehead atoms. The molecule has 0 radical (unpaired) electrons. The molecular formula is C8H7FN4OS. The summed E-state index contributed by atoms with van der Waals surface area (Å²) >= 11 is 0.891. The SMILES string of the molecule is [3H]c1c(SCF)cccc1-n1nn[nH]c1=O. The number of aromatic amines is 1. The number of hydrogen-bond acceptors (Lipinski definition) is 4. The van der Waals surface area contributed by atoms with E-state index in [4.69, 9.17) is 1.37 Å². The maximum atomic E-state index is 12.2. The van der Waals surface area contributed by atoms with Crippen LogP contribution in [0, 0.1) is 0 Å². The van der Waals surface area contributed by atoms with Crippen molar-refractivity contribution in [3.05, 3.63) is 34.7 Å². The standard InChI is InChI=1S/C8H7FN4OS/c9-5-15-7-3-1-2-6(4-7)13-8(14)10-11-12-13/h1-4H,5H2,(H,10,12,14)/i4T. The lowest BCUT2D eigenvalue weighted by Gasteiger charge is -2.00. The molecule has 78 valence electrons. The summed E-state index contributed by atoms with van der Waals surface area (Å²) < 4.78 is 20.9. The number of thioether (sulfide) groups is 1. The minimum absolute atomic E-state index is 0.0566. The van der Waals surface area contributed by atoms with Crippen molar-refractivity contribution in [1.29, 1.82) is 0 Å². The van der Waals surface area contributed by atoms with E-state index in [-0.39, 0.29) is 11.7 Å². The topological polar surface area (TPSA) is 63.6 Å². The second-order valence-electron chi connectivity index (χ2n) is 2.57. The lowest BCUT2D eigenvalue weighted by atomic mass is 10.3. The van der Waals surface area contributed by atoms with E-state index in [2.05, 4.69) is 15.5 Å². The molecule has 0 atom stereocenters. The average Bonchev–Trinajstić information content (AvgIpc) is 2.68. The summed E-state index contributed by atoms with van der Waals surface area (Å²) in [5.41, 5.74) is -0.256. The molecule has 0 saturated heterocycles. The summed E-state index contributed by atoms with van der Waals surface area (Å²) in [4.78, 5) is 11.7. The first-order valence-corrected chi connectivity index (χ1v) is 5.01. The van der Waals surface area contributed by atoms with Gasteiger partial charge in [-0.05, 0) is 28.6 Å². The summed E-state index contributed by atoms with van der Waals surface area (Å²) in [5.74, 6) is 0. The van der Waals surface area contributed by atoms with Crippen LogP contribution >= 0.6 is 11.8 Å². The fourth-order valence-electron chi connectivity index (χ4n) is 1.06. The molecule has 0 amide bonds. The van der Waals surface area contributed by atoms with Crippen LogP contribution in [0.3, 0.4) is 0 Å². The largest absolute Gasteiger partial charge is 0.365 e. The van der Waals surface area contributed by atoms with Gasteiger partial charge in [-0.25, -0.2) is 14.3 Å². The Labute approximate surface area is 89.7 Å². The summed E-state index contributed by atoms with van der Waals surface area (Å²) in [5, 5.41) is 8.98. The van der Waals surface area contributed by atoms with Crippen molar-refractivity contribution < 1.29 is 5.76 Å². The molecule has 0 unspecified atom stereocenters. The Hall–Kier alpha value is -1.63. The maximum absolute atomic E-state index is 12.2. The van der Waals surface area contributed by atoms with Gasteiger partial charge in [0.15, 0.2) is 0 Å². The van der Waals surface area contributed by atoms with Gasteiger partial charge in [-0.2, -0.15) is 4.68 Å². The van der Waals surface area contributed by atoms with Crippen LogP contribution in [0.5, 0.6) is 0 Å². The molecular weight excluding hydrogens is 219 g/mol. The van der Waals surface area contributed by atoms with Gasteiger partial charge in [0.1, 0.15) is 6.01 Å². The minimum Gasteiger partial charge on any atom is -0.244 e. The number of halogens is 1. The Morgan fingerprint density at radius 3 is 3.20 bits per heavy atom. The van der Waals surface area contributed by atoms with Crippen molar-refractivity contribution >= 4 is 11.8 Å². The molecule has 0 saturated carbocycles. The molecule has 5 nitrogen and oxygen atoms in total. The molecule has 0 aliphatic carbocycles. The third kappa shape index (κ3) is 2.07. The van der Waals surface area contributed by atoms with E-state index in [1.807, 2.05) is 0 Å². The molecule has 2 aromatic rings. The second kappa shape index (κ2) is 4.26. The van der Waals surface area contributed by atoms with E-state index in [0.717, 1.165) is 16.4 Å². The molecule has 0 aliphatic rings. The number of tetrazole rings is 1. The Balaban J connectivity index is 2.54. The predicted octanol–water partition coefficient (Wildman–Crippen LogP) is 0.975. The van der Waals surface area contributed by atoms with E-state index in [1.54, 1.807) is 18.2 Å². The van der Waals surface area contributed by atoms with Gasteiger partial charge >= 0.3 is 5.69 Å². The Kier molecular flexibility index (Phi) is 2.46. The molecule has 2 rings (SSSR count). The molecule has 15 heavy (non-hydrogen) atoms. The van der Waals surface area contributed by atoms with Gasteiger partial charge in [-0.1, -0.05) is 17.8 Å². The maximum Gasteiger partial charge on any atom is 0.365 e. The number of aromatic nitrogens is 4. The van der Waals surface area contributed by atoms with Gasteiger partial charge in [-0.3, -0.25) is 0 Å². The van der Waals surface area contributed by atoms with Crippen LogP contribution < -0.4 is 5.69 Å². The normalized spacial score (nSPS) is 11.4. The summed E-state index contributed by atoms with van der Waals surface area (Å²) in [6.07, 6.45) is 0. The van der Waals surface area contributed by atoms with E-state index in [0.29, 0.717) is 4.90 Å². The number of nitrogens with one attached hydrogen (secondary N) is 1. The Bertz CT molecular complexity index is 555. The fourth-order valence-corrected chi connectivity index (χ4v) is 1.53.